The van der Waals surface area contributed by atoms with Gasteiger partial charge in [0.05, 0.1) is 0 Å². The van der Waals surface area contributed by atoms with Gasteiger partial charge in [0.1, 0.15) is 16.4 Å². The first-order valence-electron chi connectivity index (χ1n) is 8.75. The minimum absolute atomic E-state index is 0.127. The average molecular weight is 395 g/mol. The molecule has 3 aromatic rings. The fourth-order valence-corrected chi connectivity index (χ4v) is 3.41. The molecule has 2 aromatic carbocycles. The van der Waals surface area contributed by atoms with E-state index in [4.69, 9.17) is 4.74 Å². The molecule has 0 saturated heterocycles. The first-order valence-corrected chi connectivity index (χ1v) is 9.57. The van der Waals surface area contributed by atoms with E-state index in [1.165, 1.54) is 18.3 Å². The number of aromatic nitrogens is 1. The first-order chi connectivity index (χ1) is 13.4. The molecule has 0 saturated carbocycles. The number of amides is 2. The third-order valence-electron chi connectivity index (χ3n) is 3.88. The van der Waals surface area contributed by atoms with E-state index in [2.05, 4.69) is 15.6 Å². The van der Waals surface area contributed by atoms with Gasteiger partial charge in [-0.1, -0.05) is 58.9 Å². The minimum atomic E-state index is -0.320. The molecule has 2 amide bonds. The van der Waals surface area contributed by atoms with Crippen molar-refractivity contribution in [2.24, 2.45) is 0 Å². The maximum Gasteiger partial charge on any atom is 0.264 e. The molecule has 0 aliphatic carbocycles. The smallest absolute Gasteiger partial charge is 0.264 e. The summed E-state index contributed by atoms with van der Waals surface area (Å²) >= 11 is 1.21. The van der Waals surface area contributed by atoms with Crippen LogP contribution < -0.4 is 15.4 Å². The van der Waals surface area contributed by atoms with Gasteiger partial charge >= 0.3 is 0 Å². The largest absolute Gasteiger partial charge is 0.484 e. The van der Waals surface area contributed by atoms with Gasteiger partial charge in [-0.15, -0.1) is 0 Å². The molecular formula is C21H21N3O3S. The fourth-order valence-electron chi connectivity index (χ4n) is 2.46. The summed E-state index contributed by atoms with van der Waals surface area (Å²) in [6, 6.07) is 15.3. The van der Waals surface area contributed by atoms with E-state index < -0.39 is 0 Å². The number of hydrogen-bond acceptors (Lipinski definition) is 5. The molecule has 0 aliphatic rings. The highest BCUT2D eigenvalue weighted by Gasteiger charge is 2.16. The van der Waals surface area contributed by atoms with E-state index in [1.807, 2.05) is 62.4 Å². The minimum Gasteiger partial charge on any atom is -0.484 e. The molecule has 0 bridgehead atoms. The quantitative estimate of drug-likeness (QED) is 0.648. The zero-order valence-corrected chi connectivity index (χ0v) is 16.7. The molecule has 2 N–H and O–H groups in total. The Morgan fingerprint density at radius 2 is 1.57 bits per heavy atom. The van der Waals surface area contributed by atoms with E-state index in [-0.39, 0.29) is 18.4 Å². The highest BCUT2D eigenvalue weighted by Crippen LogP contribution is 2.36. The van der Waals surface area contributed by atoms with Crippen molar-refractivity contribution in [2.45, 2.75) is 20.8 Å². The third-order valence-corrected chi connectivity index (χ3v) is 4.77. The van der Waals surface area contributed by atoms with Gasteiger partial charge in [0.25, 0.3) is 5.91 Å². The monoisotopic (exact) mass is 395 g/mol. The van der Waals surface area contributed by atoms with E-state index in [0.29, 0.717) is 21.6 Å². The van der Waals surface area contributed by atoms with Crippen LogP contribution in [0.15, 0.2) is 48.5 Å². The standard InChI is InChI=1S/C21H21N3O3S/c1-13-4-8-16(9-5-13)19-20(22-15(3)25)28-21(24-19)23-18(26)12-27-17-10-6-14(2)7-11-17/h4-11H,12H2,1-3H3,(H,22,25)(H,23,24,26). The van der Waals surface area contributed by atoms with E-state index in [0.717, 1.165) is 16.7 Å². The number of nitrogens with one attached hydrogen (secondary N) is 2. The number of anilines is 2. The number of benzene rings is 2. The zero-order valence-electron chi connectivity index (χ0n) is 15.9. The second-order valence-electron chi connectivity index (χ2n) is 6.39. The van der Waals surface area contributed by atoms with Crippen molar-refractivity contribution < 1.29 is 14.3 Å². The molecule has 1 heterocycles. The lowest BCUT2D eigenvalue weighted by atomic mass is 10.1. The summed E-state index contributed by atoms with van der Waals surface area (Å²) in [5.41, 5.74) is 3.73. The van der Waals surface area contributed by atoms with Crippen LogP contribution in [0, 0.1) is 13.8 Å². The van der Waals surface area contributed by atoms with Crippen molar-refractivity contribution in [1.29, 1.82) is 0 Å². The topological polar surface area (TPSA) is 80.3 Å². The lowest BCUT2D eigenvalue weighted by Gasteiger charge is -2.05. The Bertz CT molecular complexity index is 979. The predicted octanol–water partition coefficient (Wildman–Crippen LogP) is 4.40. The summed E-state index contributed by atoms with van der Waals surface area (Å²) in [7, 11) is 0. The van der Waals surface area contributed by atoms with Crippen LogP contribution in [0.5, 0.6) is 5.75 Å². The molecular weight excluding hydrogens is 374 g/mol. The van der Waals surface area contributed by atoms with E-state index in [9.17, 15) is 9.59 Å². The fraction of sp³-hybridized carbons (Fsp3) is 0.190. The van der Waals surface area contributed by atoms with Gasteiger partial charge in [0.15, 0.2) is 11.7 Å². The molecule has 6 nitrogen and oxygen atoms in total. The summed E-state index contributed by atoms with van der Waals surface area (Å²) in [6.07, 6.45) is 0. The van der Waals surface area contributed by atoms with Crippen LogP contribution in [0.1, 0.15) is 18.1 Å². The highest BCUT2D eigenvalue weighted by molar-refractivity contribution is 7.20. The normalized spacial score (nSPS) is 10.4. The summed E-state index contributed by atoms with van der Waals surface area (Å²) < 4.78 is 5.49. The Morgan fingerprint density at radius 1 is 0.964 bits per heavy atom. The Labute approximate surface area is 167 Å². The summed E-state index contributed by atoms with van der Waals surface area (Å²) in [4.78, 5) is 28.2. The van der Waals surface area contributed by atoms with E-state index in [1.54, 1.807) is 0 Å². The second kappa shape index (κ2) is 8.67. The number of rotatable bonds is 6. The molecule has 0 fully saturated rings. The van der Waals surface area contributed by atoms with Gasteiger partial charge in [-0.2, -0.15) is 0 Å². The lowest BCUT2D eigenvalue weighted by molar-refractivity contribution is -0.118. The molecule has 1 aromatic heterocycles. The number of carbonyl (C=O) groups is 2. The van der Waals surface area contributed by atoms with Gasteiger partial charge in [-0.05, 0) is 26.0 Å². The molecule has 0 atom stereocenters. The third kappa shape index (κ3) is 5.17. The number of nitrogens with zero attached hydrogens (tertiary/aromatic N) is 1. The van der Waals surface area contributed by atoms with E-state index >= 15 is 0 Å². The van der Waals surface area contributed by atoms with Crippen LogP contribution in [0.2, 0.25) is 0 Å². The van der Waals surface area contributed by atoms with Crippen LogP contribution in [-0.2, 0) is 9.59 Å². The summed E-state index contributed by atoms with van der Waals surface area (Å²) in [6.45, 7) is 5.29. The number of ether oxygens (including phenoxy) is 1. The number of aryl methyl sites for hydroxylation is 2. The first kappa shape index (κ1) is 19.6. The summed E-state index contributed by atoms with van der Waals surface area (Å²) in [5, 5.41) is 6.50. The molecule has 0 aliphatic heterocycles. The van der Waals surface area contributed by atoms with Crippen LogP contribution in [-0.4, -0.2) is 23.4 Å². The highest BCUT2D eigenvalue weighted by atomic mass is 32.1. The SMILES string of the molecule is CC(=O)Nc1sc(NC(=O)COc2ccc(C)cc2)nc1-c1ccc(C)cc1. The van der Waals surface area contributed by atoms with Crippen molar-refractivity contribution in [3.05, 3.63) is 59.7 Å². The molecule has 0 radical (unpaired) electrons. The van der Waals surface area contributed by atoms with Crippen LogP contribution in [0.3, 0.4) is 0 Å². The second-order valence-corrected chi connectivity index (χ2v) is 7.39. The molecule has 144 valence electrons. The van der Waals surface area contributed by atoms with Gasteiger partial charge in [-0.25, -0.2) is 4.98 Å². The van der Waals surface area contributed by atoms with Crippen molar-refractivity contribution in [3.8, 4) is 17.0 Å². The molecule has 7 heteroatoms. The van der Waals surface area contributed by atoms with Crippen molar-refractivity contribution >= 4 is 33.3 Å². The molecule has 0 spiro atoms. The maximum atomic E-state index is 12.2. The molecule has 3 rings (SSSR count). The Hall–Kier alpha value is -3.19. The Kier molecular flexibility index (Phi) is 6.06. The Balaban J connectivity index is 1.72. The van der Waals surface area contributed by atoms with Crippen LogP contribution in [0.25, 0.3) is 11.3 Å². The van der Waals surface area contributed by atoms with Gasteiger partial charge in [0.2, 0.25) is 5.91 Å². The maximum absolute atomic E-state index is 12.2. The van der Waals surface area contributed by atoms with Gasteiger partial charge in [0, 0.05) is 12.5 Å². The predicted molar refractivity (Wildman–Crippen MR) is 112 cm³/mol. The van der Waals surface area contributed by atoms with Gasteiger partial charge < -0.3 is 10.1 Å². The lowest BCUT2D eigenvalue weighted by Crippen LogP contribution is -2.20. The van der Waals surface area contributed by atoms with Crippen LogP contribution >= 0.6 is 11.3 Å². The molecule has 28 heavy (non-hydrogen) atoms. The Morgan fingerprint density at radius 3 is 2.18 bits per heavy atom. The van der Waals surface area contributed by atoms with Crippen molar-refractivity contribution in [3.63, 3.8) is 0 Å². The van der Waals surface area contributed by atoms with Crippen LogP contribution in [0.4, 0.5) is 10.1 Å². The van der Waals surface area contributed by atoms with Crippen molar-refractivity contribution in [1.82, 2.24) is 4.98 Å². The average Bonchev–Trinajstić information content (AvgIpc) is 3.03. The zero-order chi connectivity index (χ0) is 20.1. The number of carbonyl (C=O) groups excluding carboxylic acids is 2. The number of thiazole rings is 1. The molecule has 0 unspecified atom stereocenters. The number of hydrogen-bond donors (Lipinski definition) is 2. The summed E-state index contributed by atoms with van der Waals surface area (Å²) in [5.74, 6) is 0.107. The van der Waals surface area contributed by atoms with Gasteiger partial charge in [-0.3, -0.25) is 14.9 Å². The van der Waals surface area contributed by atoms with Crippen molar-refractivity contribution in [2.75, 3.05) is 17.2 Å².